The van der Waals surface area contributed by atoms with Gasteiger partial charge in [0.1, 0.15) is 0 Å². The second-order valence-electron chi connectivity index (χ2n) is 8.36. The van der Waals surface area contributed by atoms with Gasteiger partial charge in [0.15, 0.2) is 0 Å². The first-order valence-electron chi connectivity index (χ1n) is 9.24. The van der Waals surface area contributed by atoms with Crippen LogP contribution in [-0.4, -0.2) is 55.6 Å². The Bertz CT molecular complexity index is 335. The van der Waals surface area contributed by atoms with Gasteiger partial charge < -0.3 is 15.5 Å². The van der Waals surface area contributed by atoms with Gasteiger partial charge in [0.25, 0.3) is 0 Å². The first-order chi connectivity index (χ1) is 10.1. The minimum absolute atomic E-state index is 0.430. The molecular formula is C18H35N3. The van der Waals surface area contributed by atoms with E-state index in [9.17, 15) is 0 Å². The monoisotopic (exact) mass is 293 g/mol. The molecule has 2 atom stereocenters. The minimum atomic E-state index is 0.430. The van der Waals surface area contributed by atoms with Crippen molar-refractivity contribution in [2.24, 2.45) is 23.0 Å². The van der Waals surface area contributed by atoms with E-state index in [0.717, 1.165) is 24.4 Å². The molecule has 3 rings (SSSR count). The highest BCUT2D eigenvalue weighted by molar-refractivity contribution is 4.93. The van der Waals surface area contributed by atoms with Crippen LogP contribution in [0.25, 0.3) is 0 Å². The molecule has 0 aromatic carbocycles. The fraction of sp³-hybridized carbons (Fsp3) is 1.00. The highest BCUT2D eigenvalue weighted by atomic mass is 15.2. The zero-order chi connectivity index (χ0) is 14.9. The third-order valence-electron chi connectivity index (χ3n) is 6.76. The molecule has 2 N–H and O–H groups in total. The van der Waals surface area contributed by atoms with Crippen molar-refractivity contribution in [1.82, 2.24) is 9.80 Å². The van der Waals surface area contributed by atoms with Crippen LogP contribution in [0.15, 0.2) is 0 Å². The molecule has 3 aliphatic rings. The molecule has 0 spiro atoms. The largest absolute Gasteiger partial charge is 0.330 e. The maximum Gasteiger partial charge on any atom is 0.0145 e. The van der Waals surface area contributed by atoms with Crippen LogP contribution < -0.4 is 5.73 Å². The molecule has 2 aliphatic heterocycles. The molecule has 0 radical (unpaired) electrons. The number of hydrogen-bond donors (Lipinski definition) is 1. The Hall–Kier alpha value is -0.120. The molecule has 2 heterocycles. The normalized spacial score (nSPS) is 42.7. The first kappa shape index (κ1) is 15.8. The topological polar surface area (TPSA) is 32.5 Å². The molecule has 122 valence electrons. The van der Waals surface area contributed by atoms with Gasteiger partial charge in [-0.15, -0.1) is 0 Å². The van der Waals surface area contributed by atoms with Gasteiger partial charge in [-0.1, -0.05) is 19.8 Å². The Kier molecular flexibility index (Phi) is 4.92. The second kappa shape index (κ2) is 6.55. The Morgan fingerprint density at radius 3 is 2.57 bits per heavy atom. The molecule has 1 aliphatic carbocycles. The van der Waals surface area contributed by atoms with Crippen LogP contribution in [0.1, 0.15) is 51.9 Å². The van der Waals surface area contributed by atoms with Gasteiger partial charge in [-0.25, -0.2) is 0 Å². The van der Waals surface area contributed by atoms with Crippen LogP contribution >= 0.6 is 0 Å². The Morgan fingerprint density at radius 1 is 1.10 bits per heavy atom. The average molecular weight is 293 g/mol. The van der Waals surface area contributed by atoms with Gasteiger partial charge in [-0.05, 0) is 76.0 Å². The predicted octanol–water partition coefficient (Wildman–Crippen LogP) is 2.56. The lowest BCUT2D eigenvalue weighted by atomic mass is 9.70. The van der Waals surface area contributed by atoms with E-state index in [4.69, 9.17) is 5.73 Å². The molecule has 1 saturated carbocycles. The molecule has 2 saturated heterocycles. The molecule has 0 aromatic rings. The fourth-order valence-electron chi connectivity index (χ4n) is 5.15. The highest BCUT2D eigenvalue weighted by Crippen LogP contribution is 2.40. The molecule has 0 aromatic heterocycles. The lowest BCUT2D eigenvalue weighted by molar-refractivity contribution is 0.00974. The van der Waals surface area contributed by atoms with Gasteiger partial charge in [0.05, 0.1) is 0 Å². The van der Waals surface area contributed by atoms with Crippen LogP contribution in [0.4, 0.5) is 0 Å². The standard InChI is InChI=1S/C18H35N3/c1-15-5-8-18(13-19,9-6-15)14-21-11-7-17-16(12-21)4-3-10-20(17)2/h15-17H,3-14,19H2,1-2H3. The Labute approximate surface area is 131 Å². The summed E-state index contributed by atoms with van der Waals surface area (Å²) < 4.78 is 0. The first-order valence-corrected chi connectivity index (χ1v) is 9.24. The van der Waals surface area contributed by atoms with Crippen molar-refractivity contribution < 1.29 is 0 Å². The van der Waals surface area contributed by atoms with E-state index < -0.39 is 0 Å². The maximum absolute atomic E-state index is 6.22. The van der Waals surface area contributed by atoms with E-state index in [0.29, 0.717) is 5.41 Å². The van der Waals surface area contributed by atoms with Crippen LogP contribution in [0.3, 0.4) is 0 Å². The Morgan fingerprint density at radius 2 is 1.86 bits per heavy atom. The van der Waals surface area contributed by atoms with Crippen molar-refractivity contribution in [3.05, 3.63) is 0 Å². The van der Waals surface area contributed by atoms with Crippen molar-refractivity contribution in [3.8, 4) is 0 Å². The van der Waals surface area contributed by atoms with Gasteiger partial charge in [-0.3, -0.25) is 0 Å². The van der Waals surface area contributed by atoms with Crippen molar-refractivity contribution in [2.45, 2.75) is 57.9 Å². The zero-order valence-corrected chi connectivity index (χ0v) is 14.2. The number of nitrogens with zero attached hydrogens (tertiary/aromatic N) is 2. The SMILES string of the molecule is CC1CCC(CN)(CN2CCC3C(CCCN3C)C2)CC1. The highest BCUT2D eigenvalue weighted by Gasteiger charge is 2.39. The van der Waals surface area contributed by atoms with Crippen molar-refractivity contribution in [2.75, 3.05) is 39.8 Å². The summed E-state index contributed by atoms with van der Waals surface area (Å²) in [6.45, 7) is 8.50. The third kappa shape index (κ3) is 3.46. The van der Waals surface area contributed by atoms with E-state index in [2.05, 4.69) is 23.8 Å². The van der Waals surface area contributed by atoms with Gasteiger partial charge in [0.2, 0.25) is 0 Å². The number of hydrogen-bond acceptors (Lipinski definition) is 3. The van der Waals surface area contributed by atoms with E-state index in [1.807, 2.05) is 0 Å². The number of rotatable bonds is 3. The van der Waals surface area contributed by atoms with Crippen LogP contribution in [0, 0.1) is 17.3 Å². The number of nitrogens with two attached hydrogens (primary N) is 1. The molecule has 2 unspecified atom stereocenters. The fourth-order valence-corrected chi connectivity index (χ4v) is 5.15. The summed E-state index contributed by atoms with van der Waals surface area (Å²) in [6.07, 6.45) is 9.70. The molecule has 3 fully saturated rings. The van der Waals surface area contributed by atoms with E-state index in [-0.39, 0.29) is 0 Å². The molecule has 21 heavy (non-hydrogen) atoms. The lowest BCUT2D eigenvalue weighted by Crippen LogP contribution is -2.55. The Balaban J connectivity index is 1.58. The van der Waals surface area contributed by atoms with Gasteiger partial charge >= 0.3 is 0 Å². The second-order valence-corrected chi connectivity index (χ2v) is 8.36. The average Bonchev–Trinajstić information content (AvgIpc) is 2.50. The molecule has 3 nitrogen and oxygen atoms in total. The summed E-state index contributed by atoms with van der Waals surface area (Å²) in [7, 11) is 2.33. The summed E-state index contributed by atoms with van der Waals surface area (Å²) in [5, 5.41) is 0. The van der Waals surface area contributed by atoms with Gasteiger partial charge in [0, 0.05) is 19.1 Å². The van der Waals surface area contributed by atoms with Crippen LogP contribution in [0.2, 0.25) is 0 Å². The lowest BCUT2D eigenvalue weighted by Gasteiger charge is -2.49. The minimum Gasteiger partial charge on any atom is -0.330 e. The van der Waals surface area contributed by atoms with Crippen LogP contribution in [0.5, 0.6) is 0 Å². The van der Waals surface area contributed by atoms with Crippen molar-refractivity contribution >= 4 is 0 Å². The van der Waals surface area contributed by atoms with E-state index in [1.165, 1.54) is 71.1 Å². The van der Waals surface area contributed by atoms with Gasteiger partial charge in [-0.2, -0.15) is 0 Å². The predicted molar refractivity (Wildman–Crippen MR) is 89.3 cm³/mol. The summed E-state index contributed by atoms with van der Waals surface area (Å²) in [4.78, 5) is 5.38. The van der Waals surface area contributed by atoms with E-state index in [1.54, 1.807) is 0 Å². The van der Waals surface area contributed by atoms with Crippen molar-refractivity contribution in [3.63, 3.8) is 0 Å². The number of piperidine rings is 2. The molecule has 0 amide bonds. The molecular weight excluding hydrogens is 258 g/mol. The number of fused-ring (bicyclic) bond motifs is 1. The summed E-state index contributed by atoms with van der Waals surface area (Å²) in [5.74, 6) is 1.83. The molecule has 0 bridgehead atoms. The van der Waals surface area contributed by atoms with Crippen LogP contribution in [-0.2, 0) is 0 Å². The summed E-state index contributed by atoms with van der Waals surface area (Å²) in [6, 6.07) is 0.857. The quantitative estimate of drug-likeness (QED) is 0.868. The maximum atomic E-state index is 6.22. The summed E-state index contributed by atoms with van der Waals surface area (Å²) in [5.41, 5.74) is 6.65. The summed E-state index contributed by atoms with van der Waals surface area (Å²) >= 11 is 0. The van der Waals surface area contributed by atoms with Crippen molar-refractivity contribution in [1.29, 1.82) is 0 Å². The van der Waals surface area contributed by atoms with E-state index >= 15 is 0 Å². The molecule has 3 heteroatoms. The number of likely N-dealkylation sites (tertiary alicyclic amines) is 2. The zero-order valence-electron chi connectivity index (χ0n) is 14.2. The third-order valence-corrected chi connectivity index (χ3v) is 6.76. The smallest absolute Gasteiger partial charge is 0.0145 e.